The third kappa shape index (κ3) is 5.38. The Balaban J connectivity index is 1.85. The minimum atomic E-state index is -1.23. The van der Waals surface area contributed by atoms with Gasteiger partial charge in [0.15, 0.2) is 0 Å². The van der Waals surface area contributed by atoms with E-state index in [-0.39, 0.29) is 42.6 Å². The molecule has 0 aliphatic carbocycles. The lowest BCUT2D eigenvalue weighted by Gasteiger charge is -2.36. The lowest BCUT2D eigenvalue weighted by atomic mass is 9.75. The maximum atomic E-state index is 13.7. The third-order valence-corrected chi connectivity index (χ3v) is 7.11. The molecule has 0 saturated carbocycles. The number of methoxy groups -OCH3 is 1. The topological polar surface area (TPSA) is 90.4 Å². The smallest absolute Gasteiger partial charge is 0.240 e. The van der Waals surface area contributed by atoms with Crippen LogP contribution in [0.3, 0.4) is 0 Å². The first kappa shape index (κ1) is 25.2. The van der Waals surface area contributed by atoms with Crippen molar-refractivity contribution in [3.05, 3.63) is 29.8 Å². The summed E-state index contributed by atoms with van der Waals surface area (Å²) in [7, 11) is 5.34. The fourth-order valence-electron chi connectivity index (χ4n) is 4.95. The quantitative estimate of drug-likeness (QED) is 0.565. The minimum Gasteiger partial charge on any atom is -0.497 e. The number of aliphatic hydroxyl groups excluding tert-OH is 1. The predicted octanol–water partition coefficient (Wildman–Crippen LogP) is 1.65. The first-order valence-electron chi connectivity index (χ1n) is 11.8. The van der Waals surface area contributed by atoms with Gasteiger partial charge in [-0.15, -0.1) is 0 Å². The molecule has 8 heteroatoms. The van der Waals surface area contributed by atoms with Crippen LogP contribution in [0.5, 0.6) is 5.75 Å². The number of likely N-dealkylation sites (N-methyl/N-ethyl adjacent to an activating group) is 1. The SMILES string of the molecule is CC[C@H](O)C1CCN(C(=O)C[C@@]2(c3cccc(OC)c3)CC(=O)N(CCN(C)C)C2=O)CC1. The highest BCUT2D eigenvalue weighted by molar-refractivity contribution is 6.10. The number of hydrogen-bond acceptors (Lipinski definition) is 6. The fourth-order valence-corrected chi connectivity index (χ4v) is 4.95. The highest BCUT2D eigenvalue weighted by Gasteiger charge is 2.54. The zero-order valence-electron chi connectivity index (χ0n) is 20.2. The first-order valence-corrected chi connectivity index (χ1v) is 11.8. The normalized spacial score (nSPS) is 22.8. The molecule has 2 fully saturated rings. The van der Waals surface area contributed by atoms with Gasteiger partial charge in [-0.2, -0.15) is 0 Å². The number of amides is 3. The van der Waals surface area contributed by atoms with Crippen molar-refractivity contribution in [2.45, 2.75) is 50.5 Å². The number of carbonyl (C=O) groups excluding carboxylic acids is 3. The van der Waals surface area contributed by atoms with Gasteiger partial charge < -0.3 is 19.6 Å². The van der Waals surface area contributed by atoms with E-state index >= 15 is 0 Å². The molecule has 2 saturated heterocycles. The standard InChI is InChI=1S/C25H37N3O5/c1-5-21(29)18-9-11-27(12-10-18)22(30)16-25(19-7-6-8-20(15-19)33-4)17-23(31)28(24(25)32)14-13-26(2)3/h6-8,15,18,21,29H,5,9-14,16-17H2,1-4H3/t21-,25-/m0/s1. The lowest BCUT2D eigenvalue weighted by molar-refractivity contribution is -0.143. The summed E-state index contributed by atoms with van der Waals surface area (Å²) in [5.41, 5.74) is -0.591. The van der Waals surface area contributed by atoms with Crippen LogP contribution in [0.4, 0.5) is 0 Å². The van der Waals surface area contributed by atoms with Crippen LogP contribution >= 0.6 is 0 Å². The minimum absolute atomic E-state index is 0.0246. The van der Waals surface area contributed by atoms with Crippen molar-refractivity contribution in [2.75, 3.05) is 47.4 Å². The van der Waals surface area contributed by atoms with Crippen molar-refractivity contribution >= 4 is 17.7 Å². The van der Waals surface area contributed by atoms with E-state index in [0.29, 0.717) is 43.9 Å². The van der Waals surface area contributed by atoms with Crippen LogP contribution in [-0.2, 0) is 19.8 Å². The molecule has 182 valence electrons. The highest BCUT2D eigenvalue weighted by atomic mass is 16.5. The van der Waals surface area contributed by atoms with Crippen molar-refractivity contribution in [3.8, 4) is 5.75 Å². The second-order valence-corrected chi connectivity index (χ2v) is 9.52. The second-order valence-electron chi connectivity index (χ2n) is 9.52. The van der Waals surface area contributed by atoms with E-state index < -0.39 is 5.41 Å². The molecule has 0 radical (unpaired) electrons. The molecule has 2 aliphatic rings. The van der Waals surface area contributed by atoms with E-state index in [1.807, 2.05) is 25.9 Å². The van der Waals surface area contributed by atoms with Crippen LogP contribution < -0.4 is 4.74 Å². The molecule has 2 heterocycles. The number of benzene rings is 1. The number of carbonyl (C=O) groups is 3. The summed E-state index contributed by atoms with van der Waals surface area (Å²) >= 11 is 0. The molecule has 0 spiro atoms. The number of imide groups is 1. The molecular formula is C25H37N3O5. The van der Waals surface area contributed by atoms with Crippen molar-refractivity contribution in [3.63, 3.8) is 0 Å². The number of likely N-dealkylation sites (tertiary alicyclic amines) is 2. The molecule has 2 atom stereocenters. The number of ether oxygens (including phenoxy) is 1. The van der Waals surface area contributed by atoms with E-state index in [1.54, 1.807) is 36.3 Å². The number of aliphatic hydroxyl groups is 1. The summed E-state index contributed by atoms with van der Waals surface area (Å²) in [4.78, 5) is 45.0. The largest absolute Gasteiger partial charge is 0.497 e. The van der Waals surface area contributed by atoms with E-state index in [0.717, 1.165) is 12.8 Å². The van der Waals surface area contributed by atoms with Crippen LogP contribution in [0.15, 0.2) is 24.3 Å². The van der Waals surface area contributed by atoms with Crippen LogP contribution in [-0.4, -0.2) is 91.0 Å². The van der Waals surface area contributed by atoms with Gasteiger partial charge in [0.05, 0.1) is 18.6 Å². The van der Waals surface area contributed by atoms with Gasteiger partial charge in [-0.3, -0.25) is 19.3 Å². The van der Waals surface area contributed by atoms with Gasteiger partial charge in [-0.05, 0) is 57.0 Å². The number of nitrogens with zero attached hydrogens (tertiary/aromatic N) is 3. The summed E-state index contributed by atoms with van der Waals surface area (Å²) in [5.74, 6) is 0.0932. The Morgan fingerprint density at radius 2 is 1.97 bits per heavy atom. The van der Waals surface area contributed by atoms with E-state index in [1.165, 1.54) is 4.90 Å². The van der Waals surface area contributed by atoms with Gasteiger partial charge in [0.1, 0.15) is 5.75 Å². The molecule has 2 aliphatic heterocycles. The predicted molar refractivity (Wildman–Crippen MR) is 125 cm³/mol. The molecule has 1 aromatic carbocycles. The lowest BCUT2D eigenvalue weighted by Crippen LogP contribution is -2.47. The van der Waals surface area contributed by atoms with Crippen LogP contribution in [0, 0.1) is 5.92 Å². The van der Waals surface area contributed by atoms with Gasteiger partial charge in [0, 0.05) is 39.0 Å². The first-order chi connectivity index (χ1) is 15.7. The number of hydrogen-bond donors (Lipinski definition) is 1. The molecule has 8 nitrogen and oxygen atoms in total. The Hall–Kier alpha value is -2.45. The van der Waals surface area contributed by atoms with Crippen molar-refractivity contribution in [2.24, 2.45) is 5.92 Å². The molecule has 0 unspecified atom stereocenters. The number of rotatable bonds is 9. The molecular weight excluding hydrogens is 422 g/mol. The summed E-state index contributed by atoms with van der Waals surface area (Å²) in [6.45, 7) is 3.94. The average molecular weight is 460 g/mol. The van der Waals surface area contributed by atoms with Crippen LogP contribution in [0.2, 0.25) is 0 Å². The second kappa shape index (κ2) is 10.7. The molecule has 1 N–H and O–H groups in total. The summed E-state index contributed by atoms with van der Waals surface area (Å²) in [5, 5.41) is 10.2. The van der Waals surface area contributed by atoms with Crippen molar-refractivity contribution in [1.29, 1.82) is 0 Å². The average Bonchev–Trinajstić information content (AvgIpc) is 3.06. The zero-order chi connectivity index (χ0) is 24.2. The van der Waals surface area contributed by atoms with Gasteiger partial charge in [0.2, 0.25) is 17.7 Å². The summed E-state index contributed by atoms with van der Waals surface area (Å²) in [6.07, 6.45) is 1.78. The number of piperidine rings is 1. The molecule has 33 heavy (non-hydrogen) atoms. The van der Waals surface area contributed by atoms with Gasteiger partial charge >= 0.3 is 0 Å². The van der Waals surface area contributed by atoms with Gasteiger partial charge in [0.25, 0.3) is 0 Å². The van der Waals surface area contributed by atoms with Gasteiger partial charge in [-0.1, -0.05) is 19.1 Å². The zero-order valence-corrected chi connectivity index (χ0v) is 20.2. The molecule has 0 aromatic heterocycles. The Kier molecular flexibility index (Phi) is 8.13. The molecule has 3 rings (SSSR count). The highest BCUT2D eigenvalue weighted by Crippen LogP contribution is 2.41. The Bertz CT molecular complexity index is 865. The summed E-state index contributed by atoms with van der Waals surface area (Å²) in [6, 6.07) is 7.14. The van der Waals surface area contributed by atoms with Crippen LogP contribution in [0.25, 0.3) is 0 Å². The Labute approximate surface area is 196 Å². The van der Waals surface area contributed by atoms with Crippen molar-refractivity contribution < 1.29 is 24.2 Å². The summed E-state index contributed by atoms with van der Waals surface area (Å²) < 4.78 is 5.36. The van der Waals surface area contributed by atoms with Gasteiger partial charge in [-0.25, -0.2) is 0 Å². The molecule has 0 bridgehead atoms. The molecule has 3 amide bonds. The monoisotopic (exact) mass is 459 g/mol. The Morgan fingerprint density at radius 3 is 2.58 bits per heavy atom. The van der Waals surface area contributed by atoms with E-state index in [9.17, 15) is 19.5 Å². The van der Waals surface area contributed by atoms with Crippen LogP contribution in [0.1, 0.15) is 44.6 Å². The Morgan fingerprint density at radius 1 is 1.27 bits per heavy atom. The van der Waals surface area contributed by atoms with E-state index in [4.69, 9.17) is 4.74 Å². The third-order valence-electron chi connectivity index (χ3n) is 7.11. The van der Waals surface area contributed by atoms with E-state index in [2.05, 4.69) is 0 Å². The fraction of sp³-hybridized carbons (Fsp3) is 0.640. The van der Waals surface area contributed by atoms with Crippen molar-refractivity contribution in [1.82, 2.24) is 14.7 Å². The molecule has 1 aromatic rings. The maximum Gasteiger partial charge on any atom is 0.240 e. The maximum absolute atomic E-state index is 13.7.